The van der Waals surface area contributed by atoms with Crippen molar-refractivity contribution in [2.45, 2.75) is 12.8 Å². The number of carbonyl (C=O) groups excluding carboxylic acids is 2. The molecule has 5 nitrogen and oxygen atoms in total. The number of carboxylic acids is 1. The maximum atomic E-state index is 12.5. The van der Waals surface area contributed by atoms with Crippen LogP contribution in [-0.2, 0) is 11.2 Å². The topological polar surface area (TPSA) is 74.2 Å². The van der Waals surface area contributed by atoms with E-state index in [0.29, 0.717) is 16.3 Å². The van der Waals surface area contributed by atoms with E-state index in [1.165, 1.54) is 11.3 Å². The summed E-state index contributed by atoms with van der Waals surface area (Å²) in [6.07, 6.45) is 0.138. The molecule has 0 aliphatic rings. The molecule has 1 aromatic carbocycles. The molecule has 0 atom stereocenters. The molecule has 0 spiro atoms. The van der Waals surface area contributed by atoms with Crippen molar-refractivity contribution in [1.29, 1.82) is 0 Å². The van der Waals surface area contributed by atoms with Gasteiger partial charge in [0.1, 0.15) is 0 Å². The van der Waals surface area contributed by atoms with Crippen molar-refractivity contribution < 1.29 is 14.7 Å². The number of carboxylic acid groups (broad SMARTS) is 1. The maximum absolute atomic E-state index is 12.5. The van der Waals surface area contributed by atoms with E-state index >= 15 is 0 Å². The molecule has 25 heavy (non-hydrogen) atoms. The normalized spacial score (nSPS) is 10.6. The third-order valence-electron chi connectivity index (χ3n) is 3.64. The summed E-state index contributed by atoms with van der Waals surface area (Å²) in [5.41, 5.74) is 4.78. The van der Waals surface area contributed by atoms with Crippen LogP contribution in [0.1, 0.15) is 22.5 Å². The number of amides is 1. The van der Waals surface area contributed by atoms with Crippen molar-refractivity contribution in [3.05, 3.63) is 70.2 Å². The largest absolute Gasteiger partial charge is 0.550 e. The lowest BCUT2D eigenvalue weighted by molar-refractivity contribution is -0.305. The number of halogens is 1. The molecule has 0 radical (unpaired) electrons. The Kier molecular flexibility index (Phi) is 5.21. The van der Waals surface area contributed by atoms with Gasteiger partial charge in [-0.25, -0.2) is 0 Å². The second-order valence-corrected chi connectivity index (χ2v) is 6.73. The second kappa shape index (κ2) is 7.55. The number of hydrogen-bond donors (Lipinski definition) is 1. The van der Waals surface area contributed by atoms with Crippen LogP contribution in [0, 0.1) is 0 Å². The quantitative estimate of drug-likeness (QED) is 0.721. The maximum Gasteiger partial charge on any atom is 0.270 e. The first-order valence-corrected chi connectivity index (χ1v) is 8.81. The third kappa shape index (κ3) is 4.10. The van der Waals surface area contributed by atoms with Gasteiger partial charge in [0.15, 0.2) is 0 Å². The Morgan fingerprint density at radius 2 is 1.88 bits per heavy atom. The van der Waals surface area contributed by atoms with E-state index in [-0.39, 0.29) is 18.7 Å². The summed E-state index contributed by atoms with van der Waals surface area (Å²) < 4.78 is 1.63. The highest BCUT2D eigenvalue weighted by atomic mass is 35.5. The highest BCUT2D eigenvalue weighted by molar-refractivity contribution is 7.13. The molecular formula is C18H14ClN2O3S-. The number of thiophene rings is 1. The number of nitrogens with zero attached hydrogens (tertiary/aromatic N) is 1. The lowest BCUT2D eigenvalue weighted by Gasteiger charge is -2.15. The van der Waals surface area contributed by atoms with Gasteiger partial charge >= 0.3 is 0 Å². The molecule has 0 saturated heterocycles. The summed E-state index contributed by atoms with van der Waals surface area (Å²) in [6.45, 7) is 0. The molecule has 0 saturated carbocycles. The molecule has 2 aromatic heterocycles. The summed E-state index contributed by atoms with van der Waals surface area (Å²) >= 11 is 7.39. The summed E-state index contributed by atoms with van der Waals surface area (Å²) in [4.78, 5) is 24.3. The van der Waals surface area contributed by atoms with Crippen molar-refractivity contribution >= 4 is 34.8 Å². The monoisotopic (exact) mass is 373 g/mol. The molecular weight excluding hydrogens is 360 g/mol. The molecule has 3 aromatic rings. The first kappa shape index (κ1) is 17.3. The first-order valence-electron chi connectivity index (χ1n) is 7.56. The molecule has 0 fully saturated rings. The zero-order chi connectivity index (χ0) is 17.8. The van der Waals surface area contributed by atoms with Crippen LogP contribution in [0.3, 0.4) is 0 Å². The van der Waals surface area contributed by atoms with E-state index in [0.717, 1.165) is 10.6 Å². The zero-order valence-corrected chi connectivity index (χ0v) is 14.6. The number of aryl methyl sites for hydroxylation is 1. The molecule has 128 valence electrons. The first-order chi connectivity index (χ1) is 12.0. The molecule has 2 heterocycles. The van der Waals surface area contributed by atoms with E-state index in [4.69, 9.17) is 11.6 Å². The second-order valence-electron chi connectivity index (χ2n) is 5.34. The minimum atomic E-state index is -1.13. The van der Waals surface area contributed by atoms with Crippen molar-refractivity contribution in [1.82, 2.24) is 4.68 Å². The number of aromatic nitrogens is 1. The number of carbonyl (C=O) groups is 2. The molecule has 0 unspecified atom stereocenters. The van der Waals surface area contributed by atoms with E-state index in [9.17, 15) is 14.7 Å². The number of benzene rings is 1. The van der Waals surface area contributed by atoms with Crippen molar-refractivity contribution in [3.8, 4) is 10.6 Å². The van der Waals surface area contributed by atoms with Gasteiger partial charge in [-0.2, -0.15) is 0 Å². The summed E-state index contributed by atoms with van der Waals surface area (Å²) in [5, 5.41) is 13.3. The number of nitrogens with one attached hydrogen (secondary N) is 1. The highest BCUT2D eigenvalue weighted by Crippen LogP contribution is 2.27. The van der Waals surface area contributed by atoms with Crippen molar-refractivity contribution in [2.24, 2.45) is 0 Å². The highest BCUT2D eigenvalue weighted by Gasteiger charge is 2.14. The predicted octanol–water partition coefficient (Wildman–Crippen LogP) is 2.94. The summed E-state index contributed by atoms with van der Waals surface area (Å²) in [6, 6.07) is 14.1. The SMILES string of the molecule is O=C([O-])CCc1ccc(-c2cccs2)n1NC(=O)c1ccc(Cl)cc1. The van der Waals surface area contributed by atoms with Gasteiger partial charge < -0.3 is 9.90 Å². The molecule has 1 amide bonds. The summed E-state index contributed by atoms with van der Waals surface area (Å²) in [7, 11) is 0. The van der Waals surface area contributed by atoms with Gasteiger partial charge in [0.05, 0.1) is 10.6 Å². The van der Waals surface area contributed by atoms with Crippen LogP contribution in [-0.4, -0.2) is 16.6 Å². The van der Waals surface area contributed by atoms with Crippen molar-refractivity contribution in [2.75, 3.05) is 5.43 Å². The fourth-order valence-electron chi connectivity index (χ4n) is 2.42. The molecule has 0 aliphatic heterocycles. The Bertz CT molecular complexity index is 886. The fraction of sp³-hybridized carbons (Fsp3) is 0.111. The molecule has 0 aliphatic carbocycles. The van der Waals surface area contributed by atoms with Crippen LogP contribution < -0.4 is 10.5 Å². The Balaban J connectivity index is 1.91. The van der Waals surface area contributed by atoms with Crippen LogP contribution in [0.5, 0.6) is 0 Å². The average molecular weight is 374 g/mol. The van der Waals surface area contributed by atoms with Gasteiger partial charge in [-0.15, -0.1) is 11.3 Å². The van der Waals surface area contributed by atoms with E-state index in [2.05, 4.69) is 5.43 Å². The van der Waals surface area contributed by atoms with Gasteiger partial charge in [-0.1, -0.05) is 17.7 Å². The lowest BCUT2D eigenvalue weighted by Crippen LogP contribution is -2.27. The number of aliphatic carboxylic acids is 1. The molecule has 7 heteroatoms. The smallest absolute Gasteiger partial charge is 0.270 e. The Labute approximate surface area is 153 Å². The van der Waals surface area contributed by atoms with E-state index in [1.807, 2.05) is 23.6 Å². The fourth-order valence-corrected chi connectivity index (χ4v) is 3.29. The lowest BCUT2D eigenvalue weighted by atomic mass is 10.2. The van der Waals surface area contributed by atoms with Crippen LogP contribution in [0.25, 0.3) is 10.6 Å². The Hall–Kier alpha value is -2.57. The molecule has 3 rings (SSSR count). The van der Waals surface area contributed by atoms with Crippen LogP contribution in [0.15, 0.2) is 53.9 Å². The van der Waals surface area contributed by atoms with Crippen molar-refractivity contribution in [3.63, 3.8) is 0 Å². The Morgan fingerprint density at radius 3 is 2.52 bits per heavy atom. The standard InChI is InChI=1S/C18H15ClN2O3S/c19-13-5-3-12(4-6-13)18(24)20-21-14(8-10-17(22)23)7-9-15(21)16-2-1-11-25-16/h1-7,9,11H,8,10H2,(H,20,24)(H,22,23)/p-1. The molecule has 0 bridgehead atoms. The van der Waals surface area contributed by atoms with Gasteiger partial charge in [0, 0.05) is 22.2 Å². The van der Waals surface area contributed by atoms with Gasteiger partial charge in [-0.3, -0.25) is 14.9 Å². The average Bonchev–Trinajstić information content (AvgIpc) is 3.23. The van der Waals surface area contributed by atoms with Crippen LogP contribution in [0.2, 0.25) is 5.02 Å². The van der Waals surface area contributed by atoms with Gasteiger partial charge in [0.2, 0.25) is 0 Å². The zero-order valence-electron chi connectivity index (χ0n) is 13.1. The number of hydrogen-bond acceptors (Lipinski definition) is 4. The van der Waals surface area contributed by atoms with Crippen LogP contribution >= 0.6 is 22.9 Å². The van der Waals surface area contributed by atoms with E-state index < -0.39 is 5.97 Å². The van der Waals surface area contributed by atoms with E-state index in [1.54, 1.807) is 35.0 Å². The molecule has 1 N–H and O–H groups in total. The van der Waals surface area contributed by atoms with Crippen LogP contribution in [0.4, 0.5) is 0 Å². The predicted molar refractivity (Wildman–Crippen MR) is 96.2 cm³/mol. The summed E-state index contributed by atoms with van der Waals surface area (Å²) in [5.74, 6) is -1.44. The number of rotatable bonds is 6. The van der Waals surface area contributed by atoms with Gasteiger partial charge in [0.25, 0.3) is 5.91 Å². The minimum absolute atomic E-state index is 0.120. The minimum Gasteiger partial charge on any atom is -0.550 e. The Morgan fingerprint density at radius 1 is 1.12 bits per heavy atom. The van der Waals surface area contributed by atoms with Gasteiger partial charge in [-0.05, 0) is 60.7 Å². The third-order valence-corrected chi connectivity index (χ3v) is 4.78.